The number of hydrogen-bond donors (Lipinski definition) is 1. The van der Waals surface area contributed by atoms with Crippen LogP contribution in [0.5, 0.6) is 0 Å². The van der Waals surface area contributed by atoms with E-state index in [4.69, 9.17) is 10.5 Å². The first kappa shape index (κ1) is 15.5. The first-order valence-electron chi connectivity index (χ1n) is 5.47. The molecule has 0 saturated heterocycles. The Bertz CT molecular complexity index is 618. The van der Waals surface area contributed by atoms with Crippen molar-refractivity contribution < 1.29 is 9.72 Å². The van der Waals surface area contributed by atoms with E-state index in [9.17, 15) is 14.9 Å². The van der Waals surface area contributed by atoms with Gasteiger partial charge in [-0.1, -0.05) is 0 Å². The number of nitro benzene ring substituents is 1. The molecule has 0 aromatic heterocycles. The summed E-state index contributed by atoms with van der Waals surface area (Å²) in [5, 5.41) is 30.1. The van der Waals surface area contributed by atoms with Gasteiger partial charge in [-0.2, -0.15) is 10.5 Å². The summed E-state index contributed by atoms with van der Waals surface area (Å²) in [7, 11) is 0. The molecule has 1 amide bonds. The fourth-order valence-corrected chi connectivity index (χ4v) is 2.27. The van der Waals surface area contributed by atoms with Crippen molar-refractivity contribution in [2.24, 2.45) is 0 Å². The molecule has 1 aromatic carbocycles. The van der Waals surface area contributed by atoms with Crippen LogP contribution >= 0.6 is 11.8 Å². The Morgan fingerprint density at radius 2 is 2.25 bits per heavy atom. The van der Waals surface area contributed by atoms with Gasteiger partial charge >= 0.3 is 0 Å². The van der Waals surface area contributed by atoms with Gasteiger partial charge < -0.3 is 5.32 Å². The second-order valence-corrected chi connectivity index (χ2v) is 4.96. The Morgan fingerprint density at radius 3 is 2.75 bits per heavy atom. The lowest BCUT2D eigenvalue weighted by Gasteiger charge is -2.11. The number of nitrogens with one attached hydrogen (secondary N) is 1. The van der Waals surface area contributed by atoms with Crippen molar-refractivity contribution in [3.05, 3.63) is 28.3 Å². The molecule has 1 rings (SSSR count). The third kappa shape index (κ3) is 4.26. The molecule has 0 saturated carbocycles. The Labute approximate surface area is 119 Å². The molecule has 20 heavy (non-hydrogen) atoms. The minimum absolute atomic E-state index is 0.0255. The number of hydrogen-bond acceptors (Lipinski definition) is 6. The van der Waals surface area contributed by atoms with E-state index in [2.05, 4.69) is 5.32 Å². The molecule has 0 bridgehead atoms. The largest absolute Gasteiger partial charge is 0.325 e. The molecule has 0 aliphatic carbocycles. The predicted molar refractivity (Wildman–Crippen MR) is 72.9 cm³/mol. The van der Waals surface area contributed by atoms with Crippen LogP contribution in [0.25, 0.3) is 0 Å². The number of carbonyl (C=O) groups excluding carboxylic acids is 1. The number of non-ortho nitro benzene ring substituents is 1. The third-order valence-electron chi connectivity index (χ3n) is 2.17. The van der Waals surface area contributed by atoms with Crippen LogP contribution in [-0.2, 0) is 4.79 Å². The van der Waals surface area contributed by atoms with Gasteiger partial charge in [0.15, 0.2) is 0 Å². The standard InChI is InChI=1S/C12H10N4O3S/c1-8(17)15-11-6-9(16(18)19)2-3-12(11)20-10(7-14)4-5-13/h2-3,6,10H,4H2,1H3,(H,15,17). The van der Waals surface area contributed by atoms with Crippen molar-refractivity contribution in [1.29, 1.82) is 10.5 Å². The van der Waals surface area contributed by atoms with Crippen LogP contribution in [0.2, 0.25) is 0 Å². The van der Waals surface area contributed by atoms with Crippen molar-refractivity contribution in [3.8, 4) is 12.1 Å². The van der Waals surface area contributed by atoms with Crippen molar-refractivity contribution in [2.75, 3.05) is 5.32 Å². The number of rotatable bonds is 5. The van der Waals surface area contributed by atoms with E-state index >= 15 is 0 Å². The summed E-state index contributed by atoms with van der Waals surface area (Å²) >= 11 is 1.08. The SMILES string of the molecule is CC(=O)Nc1cc([N+](=O)[O-])ccc1SC(C#N)CC#N. The van der Waals surface area contributed by atoms with Crippen LogP contribution in [0.4, 0.5) is 11.4 Å². The highest BCUT2D eigenvalue weighted by atomic mass is 32.2. The minimum Gasteiger partial charge on any atom is -0.325 e. The average molecular weight is 290 g/mol. The quantitative estimate of drug-likeness (QED) is 0.505. The number of nitriles is 2. The monoisotopic (exact) mass is 290 g/mol. The van der Waals surface area contributed by atoms with Crippen LogP contribution in [0, 0.1) is 32.8 Å². The lowest BCUT2D eigenvalue weighted by molar-refractivity contribution is -0.384. The Hall–Kier alpha value is -2.58. The molecule has 0 aliphatic rings. The first-order chi connectivity index (χ1) is 9.47. The van der Waals surface area contributed by atoms with E-state index in [0.29, 0.717) is 4.90 Å². The number of benzene rings is 1. The number of nitro groups is 1. The number of amides is 1. The molecule has 1 N–H and O–H groups in total. The lowest BCUT2D eigenvalue weighted by atomic mass is 10.3. The van der Waals surface area contributed by atoms with Crippen LogP contribution in [0.3, 0.4) is 0 Å². The molecule has 0 radical (unpaired) electrons. The highest BCUT2D eigenvalue weighted by Gasteiger charge is 2.16. The number of nitrogens with zero attached hydrogens (tertiary/aromatic N) is 3. The Balaban J connectivity index is 3.11. The highest BCUT2D eigenvalue weighted by molar-refractivity contribution is 8.00. The summed E-state index contributed by atoms with van der Waals surface area (Å²) in [6, 6.07) is 7.82. The number of anilines is 1. The van der Waals surface area contributed by atoms with Gasteiger partial charge in [0.2, 0.25) is 5.91 Å². The maximum Gasteiger partial charge on any atom is 0.271 e. The van der Waals surface area contributed by atoms with E-state index in [1.807, 2.05) is 12.1 Å². The topological polar surface area (TPSA) is 120 Å². The van der Waals surface area contributed by atoms with Gasteiger partial charge in [0.25, 0.3) is 5.69 Å². The van der Waals surface area contributed by atoms with Gasteiger partial charge in [0.1, 0.15) is 5.25 Å². The Kier molecular flexibility index (Phi) is 5.51. The van der Waals surface area contributed by atoms with Crippen molar-refractivity contribution in [2.45, 2.75) is 23.5 Å². The molecule has 1 unspecified atom stereocenters. The third-order valence-corrected chi connectivity index (χ3v) is 3.34. The molecule has 102 valence electrons. The molecule has 7 nitrogen and oxygen atoms in total. The number of carbonyl (C=O) groups is 1. The zero-order valence-electron chi connectivity index (χ0n) is 10.5. The summed E-state index contributed by atoms with van der Waals surface area (Å²) in [5.41, 5.74) is 0.0989. The van der Waals surface area contributed by atoms with Crippen LogP contribution in [0.15, 0.2) is 23.1 Å². The van der Waals surface area contributed by atoms with Crippen molar-refractivity contribution in [1.82, 2.24) is 0 Å². The van der Waals surface area contributed by atoms with E-state index in [-0.39, 0.29) is 23.7 Å². The van der Waals surface area contributed by atoms with Crippen molar-refractivity contribution >= 4 is 29.0 Å². The molecular weight excluding hydrogens is 280 g/mol. The van der Waals surface area contributed by atoms with Gasteiger partial charge in [-0.25, -0.2) is 0 Å². The summed E-state index contributed by atoms with van der Waals surface area (Å²) in [5.74, 6) is -0.374. The van der Waals surface area contributed by atoms with E-state index in [1.54, 1.807) is 0 Å². The molecule has 1 aromatic rings. The molecule has 0 aliphatic heterocycles. The second kappa shape index (κ2) is 7.12. The molecule has 8 heteroatoms. The highest BCUT2D eigenvalue weighted by Crippen LogP contribution is 2.34. The van der Waals surface area contributed by atoms with E-state index in [0.717, 1.165) is 11.8 Å². The van der Waals surface area contributed by atoms with Gasteiger partial charge in [-0.15, -0.1) is 11.8 Å². The zero-order valence-corrected chi connectivity index (χ0v) is 11.3. The fourth-order valence-electron chi connectivity index (χ4n) is 1.37. The smallest absolute Gasteiger partial charge is 0.271 e. The van der Waals surface area contributed by atoms with Crippen LogP contribution < -0.4 is 5.32 Å². The normalized spacial score (nSPS) is 10.9. The molecule has 1 atom stereocenters. The molecule has 0 fully saturated rings. The summed E-state index contributed by atoms with van der Waals surface area (Å²) in [6.07, 6.45) is 0.0255. The van der Waals surface area contributed by atoms with Gasteiger partial charge in [0, 0.05) is 24.0 Å². The van der Waals surface area contributed by atoms with Gasteiger partial charge in [-0.3, -0.25) is 14.9 Å². The fraction of sp³-hybridized carbons (Fsp3) is 0.250. The van der Waals surface area contributed by atoms with Crippen molar-refractivity contribution in [3.63, 3.8) is 0 Å². The zero-order chi connectivity index (χ0) is 15.1. The van der Waals surface area contributed by atoms with E-state index < -0.39 is 10.2 Å². The average Bonchev–Trinajstić information content (AvgIpc) is 2.39. The summed E-state index contributed by atoms with van der Waals surface area (Å²) in [4.78, 5) is 21.8. The molecular formula is C12H10N4O3S. The minimum atomic E-state index is -0.603. The molecule has 0 heterocycles. The van der Waals surface area contributed by atoms with Crippen LogP contribution in [-0.4, -0.2) is 16.1 Å². The Morgan fingerprint density at radius 1 is 1.55 bits per heavy atom. The maximum atomic E-state index is 11.1. The van der Waals surface area contributed by atoms with Crippen LogP contribution in [0.1, 0.15) is 13.3 Å². The van der Waals surface area contributed by atoms with E-state index in [1.165, 1.54) is 25.1 Å². The number of thioether (sulfide) groups is 1. The predicted octanol–water partition coefficient (Wildman–Crippen LogP) is 2.45. The summed E-state index contributed by atoms with van der Waals surface area (Å²) < 4.78 is 0. The summed E-state index contributed by atoms with van der Waals surface area (Å²) in [6.45, 7) is 1.28. The van der Waals surface area contributed by atoms with Gasteiger partial charge in [0.05, 0.1) is 29.2 Å². The second-order valence-electron chi connectivity index (χ2n) is 3.72. The molecule has 0 spiro atoms. The maximum absolute atomic E-state index is 11.1. The lowest BCUT2D eigenvalue weighted by Crippen LogP contribution is -2.08. The van der Waals surface area contributed by atoms with Gasteiger partial charge in [-0.05, 0) is 6.07 Å². The first-order valence-corrected chi connectivity index (χ1v) is 6.35.